The number of likely N-dealkylation sites (tertiary alicyclic amines) is 1. The zero-order valence-electron chi connectivity index (χ0n) is 14.1. The number of nitrogens with one attached hydrogen (secondary N) is 1. The third-order valence-corrected chi connectivity index (χ3v) is 5.16. The van der Waals surface area contributed by atoms with E-state index < -0.39 is 0 Å². The first-order valence-electron chi connectivity index (χ1n) is 8.47. The fraction of sp³-hybridized carbons (Fsp3) is 0.941. The summed E-state index contributed by atoms with van der Waals surface area (Å²) in [5.41, 5.74) is -0.335. The molecule has 2 fully saturated rings. The monoisotopic (exact) mass is 296 g/mol. The Hall–Kier alpha value is -0.610. The maximum atomic E-state index is 12.2. The summed E-state index contributed by atoms with van der Waals surface area (Å²) in [6.07, 6.45) is 4.46. The Morgan fingerprint density at radius 1 is 1.29 bits per heavy atom. The van der Waals surface area contributed by atoms with E-state index in [0.29, 0.717) is 12.0 Å². The van der Waals surface area contributed by atoms with Crippen LogP contribution in [0.15, 0.2) is 0 Å². The van der Waals surface area contributed by atoms with Crippen molar-refractivity contribution in [1.82, 2.24) is 10.2 Å². The number of piperidine rings is 1. The minimum atomic E-state index is -0.335. The Kier molecular flexibility index (Phi) is 5.31. The van der Waals surface area contributed by atoms with Crippen LogP contribution in [0.4, 0.5) is 0 Å². The lowest BCUT2D eigenvalue weighted by atomic mass is 9.78. The summed E-state index contributed by atoms with van der Waals surface area (Å²) in [5.74, 6) is 1.41. The van der Waals surface area contributed by atoms with Gasteiger partial charge in [0.15, 0.2) is 0 Å². The van der Waals surface area contributed by atoms with Crippen molar-refractivity contribution >= 4 is 5.91 Å². The summed E-state index contributed by atoms with van der Waals surface area (Å²) < 4.78 is 0. The van der Waals surface area contributed by atoms with Crippen molar-refractivity contribution in [3.8, 4) is 0 Å². The largest absolute Gasteiger partial charge is 0.396 e. The first kappa shape index (κ1) is 16.8. The molecule has 4 nitrogen and oxygen atoms in total. The number of hydrogen-bond acceptors (Lipinski definition) is 3. The molecule has 0 aromatic heterocycles. The van der Waals surface area contributed by atoms with Crippen LogP contribution in [0, 0.1) is 17.3 Å². The molecule has 0 aromatic rings. The third-order valence-electron chi connectivity index (χ3n) is 5.16. The molecule has 0 bridgehead atoms. The van der Waals surface area contributed by atoms with Crippen LogP contribution < -0.4 is 5.32 Å². The molecule has 0 spiro atoms. The summed E-state index contributed by atoms with van der Waals surface area (Å²) in [4.78, 5) is 14.8. The zero-order valence-corrected chi connectivity index (χ0v) is 14.1. The lowest BCUT2D eigenvalue weighted by Crippen LogP contribution is -2.58. The summed E-state index contributed by atoms with van der Waals surface area (Å²) in [5, 5.41) is 12.5. The van der Waals surface area contributed by atoms with Gasteiger partial charge in [-0.2, -0.15) is 0 Å². The highest BCUT2D eigenvalue weighted by Gasteiger charge is 2.38. The van der Waals surface area contributed by atoms with Crippen molar-refractivity contribution in [3.63, 3.8) is 0 Å². The van der Waals surface area contributed by atoms with E-state index in [1.165, 1.54) is 12.8 Å². The fourth-order valence-corrected chi connectivity index (χ4v) is 3.60. The molecule has 1 saturated heterocycles. The van der Waals surface area contributed by atoms with Gasteiger partial charge in [-0.3, -0.25) is 9.69 Å². The maximum Gasteiger partial charge on any atom is 0.225 e. The van der Waals surface area contributed by atoms with E-state index >= 15 is 0 Å². The second-order valence-electron chi connectivity index (χ2n) is 8.11. The molecule has 2 N–H and O–H groups in total. The molecule has 1 amide bonds. The molecule has 4 atom stereocenters. The first-order valence-corrected chi connectivity index (χ1v) is 8.47. The summed E-state index contributed by atoms with van der Waals surface area (Å²) in [7, 11) is 0. The van der Waals surface area contributed by atoms with Crippen LogP contribution in [-0.4, -0.2) is 47.7 Å². The molecule has 2 aliphatic rings. The van der Waals surface area contributed by atoms with Gasteiger partial charge in [0.25, 0.3) is 0 Å². The topological polar surface area (TPSA) is 52.6 Å². The number of hydrogen-bond donors (Lipinski definition) is 2. The van der Waals surface area contributed by atoms with Crippen LogP contribution in [-0.2, 0) is 4.79 Å². The summed E-state index contributed by atoms with van der Waals surface area (Å²) in [6, 6.07) is 0.912. The molecule has 2 rings (SSSR count). The van der Waals surface area contributed by atoms with Gasteiger partial charge in [0.2, 0.25) is 5.91 Å². The molecule has 21 heavy (non-hydrogen) atoms. The minimum Gasteiger partial charge on any atom is -0.396 e. The van der Waals surface area contributed by atoms with Crippen LogP contribution in [0.3, 0.4) is 0 Å². The SMILES string of the molecule is CC1CCC1N1CC(CCO)CC(NC(=O)C(C)(C)C)C1. The molecular weight excluding hydrogens is 264 g/mol. The molecule has 4 heteroatoms. The average molecular weight is 296 g/mol. The summed E-state index contributed by atoms with van der Waals surface area (Å²) in [6.45, 7) is 10.5. The van der Waals surface area contributed by atoms with Gasteiger partial charge in [0, 0.05) is 37.2 Å². The van der Waals surface area contributed by atoms with Crippen molar-refractivity contribution in [2.75, 3.05) is 19.7 Å². The van der Waals surface area contributed by atoms with Crippen LogP contribution in [0.2, 0.25) is 0 Å². The molecule has 1 saturated carbocycles. The lowest BCUT2D eigenvalue weighted by molar-refractivity contribution is -0.130. The standard InChI is InChI=1S/C17H32N2O2/c1-12-5-6-15(12)19-10-13(7-8-20)9-14(11-19)18-16(21)17(2,3)4/h12-15,20H,5-11H2,1-4H3,(H,18,21). The number of carbonyl (C=O) groups excluding carboxylic acids is 1. The number of carbonyl (C=O) groups is 1. The van der Waals surface area contributed by atoms with Crippen molar-refractivity contribution < 1.29 is 9.90 Å². The molecule has 1 heterocycles. The van der Waals surface area contributed by atoms with E-state index in [1.807, 2.05) is 20.8 Å². The Bertz CT molecular complexity index is 364. The number of aliphatic hydroxyl groups excluding tert-OH is 1. The van der Waals surface area contributed by atoms with Gasteiger partial charge in [0.05, 0.1) is 0 Å². The van der Waals surface area contributed by atoms with Crippen LogP contribution in [0.1, 0.15) is 53.4 Å². The molecule has 1 aliphatic carbocycles. The van der Waals surface area contributed by atoms with E-state index in [-0.39, 0.29) is 24.0 Å². The Morgan fingerprint density at radius 2 is 2.00 bits per heavy atom. The minimum absolute atomic E-state index is 0.138. The highest BCUT2D eigenvalue weighted by atomic mass is 16.3. The van der Waals surface area contributed by atoms with Gasteiger partial charge in [-0.25, -0.2) is 0 Å². The fourth-order valence-electron chi connectivity index (χ4n) is 3.60. The second-order valence-corrected chi connectivity index (χ2v) is 8.11. The molecule has 4 unspecified atom stereocenters. The molecule has 122 valence electrons. The van der Waals surface area contributed by atoms with Gasteiger partial charge in [0.1, 0.15) is 0 Å². The van der Waals surface area contributed by atoms with E-state index in [0.717, 1.165) is 31.8 Å². The van der Waals surface area contributed by atoms with Crippen LogP contribution in [0.25, 0.3) is 0 Å². The van der Waals surface area contributed by atoms with Crippen LogP contribution in [0.5, 0.6) is 0 Å². The second kappa shape index (κ2) is 6.66. The molecule has 0 radical (unpaired) electrons. The predicted octanol–water partition coefficient (Wildman–Crippen LogP) is 2.02. The van der Waals surface area contributed by atoms with Crippen molar-refractivity contribution in [1.29, 1.82) is 0 Å². The quantitative estimate of drug-likeness (QED) is 0.834. The van der Waals surface area contributed by atoms with E-state index in [4.69, 9.17) is 0 Å². The number of amides is 1. The van der Waals surface area contributed by atoms with Crippen molar-refractivity contribution in [3.05, 3.63) is 0 Å². The van der Waals surface area contributed by atoms with E-state index in [1.54, 1.807) is 0 Å². The lowest BCUT2D eigenvalue weighted by Gasteiger charge is -2.48. The van der Waals surface area contributed by atoms with E-state index in [9.17, 15) is 9.90 Å². The number of nitrogens with zero attached hydrogens (tertiary/aromatic N) is 1. The highest BCUT2D eigenvalue weighted by molar-refractivity contribution is 5.81. The molecule has 0 aromatic carbocycles. The third kappa shape index (κ3) is 4.19. The predicted molar refractivity (Wildman–Crippen MR) is 85.0 cm³/mol. The zero-order chi connectivity index (χ0) is 15.6. The Morgan fingerprint density at radius 3 is 2.48 bits per heavy atom. The van der Waals surface area contributed by atoms with Gasteiger partial charge in [-0.1, -0.05) is 27.7 Å². The van der Waals surface area contributed by atoms with Gasteiger partial charge in [-0.15, -0.1) is 0 Å². The Balaban J connectivity index is 1.97. The molecular formula is C17H32N2O2. The molecule has 1 aliphatic heterocycles. The van der Waals surface area contributed by atoms with Crippen molar-refractivity contribution in [2.45, 2.75) is 65.5 Å². The highest BCUT2D eigenvalue weighted by Crippen LogP contribution is 2.35. The smallest absolute Gasteiger partial charge is 0.225 e. The Labute approximate surface area is 129 Å². The van der Waals surface area contributed by atoms with E-state index in [2.05, 4.69) is 17.1 Å². The maximum absolute atomic E-state index is 12.2. The summed E-state index contributed by atoms with van der Waals surface area (Å²) >= 11 is 0. The van der Waals surface area contributed by atoms with Gasteiger partial charge >= 0.3 is 0 Å². The first-order chi connectivity index (χ1) is 9.81. The number of rotatable bonds is 4. The van der Waals surface area contributed by atoms with Crippen LogP contribution >= 0.6 is 0 Å². The normalized spacial score (nSPS) is 34.3. The van der Waals surface area contributed by atoms with Gasteiger partial charge in [-0.05, 0) is 37.5 Å². The number of aliphatic hydroxyl groups is 1. The van der Waals surface area contributed by atoms with Gasteiger partial charge < -0.3 is 10.4 Å². The van der Waals surface area contributed by atoms with Crippen molar-refractivity contribution in [2.24, 2.45) is 17.3 Å². The average Bonchev–Trinajstić information content (AvgIpc) is 2.36.